The monoisotopic (exact) mass is 284 g/mol. The fraction of sp³-hybridized carbons (Fsp3) is 0.188. The molecule has 0 aliphatic rings. The van der Waals surface area contributed by atoms with Crippen LogP contribution in [0.15, 0.2) is 36.4 Å². The number of methoxy groups -OCH3 is 1. The van der Waals surface area contributed by atoms with Gasteiger partial charge in [-0.05, 0) is 55.4 Å². The molecule has 0 unspecified atom stereocenters. The summed E-state index contributed by atoms with van der Waals surface area (Å²) in [5.41, 5.74) is 5.57. The molecule has 0 bridgehead atoms. The van der Waals surface area contributed by atoms with Crippen molar-refractivity contribution in [1.29, 1.82) is 0 Å². The molecule has 1 aromatic heterocycles. The fourth-order valence-corrected chi connectivity index (χ4v) is 2.72. The van der Waals surface area contributed by atoms with Gasteiger partial charge in [0.1, 0.15) is 5.75 Å². The number of imidazole rings is 1. The first-order valence-electron chi connectivity index (χ1n) is 6.46. The van der Waals surface area contributed by atoms with Gasteiger partial charge in [-0.2, -0.15) is 0 Å². The molecule has 1 heterocycles. The maximum Gasteiger partial charge on any atom is 0.182 e. The maximum absolute atomic E-state index is 5.48. The molecule has 2 aromatic carbocycles. The van der Waals surface area contributed by atoms with E-state index in [9.17, 15) is 0 Å². The van der Waals surface area contributed by atoms with Crippen molar-refractivity contribution in [2.45, 2.75) is 13.8 Å². The summed E-state index contributed by atoms with van der Waals surface area (Å²) < 4.78 is 8.03. The molecule has 3 aromatic rings. The molecule has 4 heteroatoms. The van der Waals surface area contributed by atoms with Crippen molar-refractivity contribution in [2.24, 2.45) is 0 Å². The van der Waals surface area contributed by atoms with E-state index < -0.39 is 0 Å². The molecule has 1 N–H and O–H groups in total. The lowest BCUT2D eigenvalue weighted by Gasteiger charge is -2.09. The highest BCUT2D eigenvalue weighted by molar-refractivity contribution is 7.71. The highest BCUT2D eigenvalue weighted by Crippen LogP contribution is 2.25. The first-order chi connectivity index (χ1) is 9.60. The second kappa shape index (κ2) is 4.80. The molecule has 0 atom stereocenters. The fourth-order valence-electron chi connectivity index (χ4n) is 2.42. The van der Waals surface area contributed by atoms with E-state index in [0.717, 1.165) is 22.5 Å². The van der Waals surface area contributed by atoms with Crippen molar-refractivity contribution in [3.05, 3.63) is 52.3 Å². The SMILES string of the molecule is COc1ccc2c(c1)[nH]c(=S)n2-c1cc(C)ccc1C. The minimum Gasteiger partial charge on any atom is -0.497 e. The summed E-state index contributed by atoms with van der Waals surface area (Å²) in [6.07, 6.45) is 0. The number of rotatable bonds is 2. The number of benzene rings is 2. The van der Waals surface area contributed by atoms with Gasteiger partial charge < -0.3 is 9.72 Å². The predicted molar refractivity (Wildman–Crippen MR) is 84.5 cm³/mol. The number of H-pyrrole nitrogens is 1. The standard InChI is InChI=1S/C16H16N2OS/c1-10-4-5-11(2)15(8-10)18-14-7-6-12(19-3)9-13(14)17-16(18)20/h4-9H,1-3H3,(H,17,20). The van der Waals surface area contributed by atoms with Gasteiger partial charge in [0.2, 0.25) is 0 Å². The van der Waals surface area contributed by atoms with Gasteiger partial charge in [0.05, 0.1) is 23.8 Å². The lowest BCUT2D eigenvalue weighted by molar-refractivity contribution is 0.415. The molecule has 3 rings (SSSR count). The highest BCUT2D eigenvalue weighted by Gasteiger charge is 2.09. The smallest absolute Gasteiger partial charge is 0.182 e. The van der Waals surface area contributed by atoms with Gasteiger partial charge in [-0.1, -0.05) is 12.1 Å². The Morgan fingerprint density at radius 1 is 1.10 bits per heavy atom. The third kappa shape index (κ3) is 2.02. The zero-order valence-corrected chi connectivity index (χ0v) is 12.5. The van der Waals surface area contributed by atoms with Crippen molar-refractivity contribution in [3.8, 4) is 11.4 Å². The van der Waals surface area contributed by atoms with Crippen molar-refractivity contribution in [2.75, 3.05) is 7.11 Å². The number of aromatic nitrogens is 2. The molecule has 20 heavy (non-hydrogen) atoms. The molecular weight excluding hydrogens is 268 g/mol. The number of ether oxygens (including phenoxy) is 1. The van der Waals surface area contributed by atoms with Crippen LogP contribution in [0.4, 0.5) is 0 Å². The Bertz CT molecular complexity index is 845. The van der Waals surface area contributed by atoms with Crippen LogP contribution in [0.5, 0.6) is 5.75 Å². The summed E-state index contributed by atoms with van der Waals surface area (Å²) in [5, 5.41) is 0. The summed E-state index contributed by atoms with van der Waals surface area (Å²) in [6, 6.07) is 12.3. The van der Waals surface area contributed by atoms with Crippen molar-refractivity contribution >= 4 is 23.3 Å². The van der Waals surface area contributed by atoms with Gasteiger partial charge in [-0.25, -0.2) is 0 Å². The summed E-state index contributed by atoms with van der Waals surface area (Å²) in [4.78, 5) is 3.24. The van der Waals surface area contributed by atoms with Gasteiger partial charge in [-0.3, -0.25) is 4.57 Å². The first kappa shape index (κ1) is 12.9. The Morgan fingerprint density at radius 2 is 1.90 bits per heavy atom. The second-order valence-corrected chi connectivity index (χ2v) is 5.33. The van der Waals surface area contributed by atoms with Crippen LogP contribution in [0.2, 0.25) is 0 Å². The van der Waals surface area contributed by atoms with Crippen LogP contribution >= 0.6 is 12.2 Å². The zero-order valence-electron chi connectivity index (χ0n) is 11.7. The van der Waals surface area contributed by atoms with Gasteiger partial charge in [0.15, 0.2) is 4.77 Å². The van der Waals surface area contributed by atoms with Gasteiger partial charge in [0.25, 0.3) is 0 Å². The van der Waals surface area contributed by atoms with Crippen molar-refractivity contribution < 1.29 is 4.74 Å². The molecule has 0 aliphatic heterocycles. The van der Waals surface area contributed by atoms with Gasteiger partial charge in [-0.15, -0.1) is 0 Å². The molecule has 0 saturated carbocycles. The van der Waals surface area contributed by atoms with E-state index in [1.54, 1.807) is 7.11 Å². The Kier molecular flexibility index (Phi) is 3.10. The van der Waals surface area contributed by atoms with Crippen LogP contribution in [0, 0.1) is 18.6 Å². The molecule has 0 amide bonds. The zero-order chi connectivity index (χ0) is 14.3. The Morgan fingerprint density at radius 3 is 2.65 bits per heavy atom. The number of aromatic amines is 1. The van der Waals surface area contributed by atoms with Gasteiger partial charge in [0, 0.05) is 6.07 Å². The third-order valence-corrected chi connectivity index (χ3v) is 3.78. The summed E-state index contributed by atoms with van der Waals surface area (Å²) in [5.74, 6) is 0.821. The largest absolute Gasteiger partial charge is 0.497 e. The molecule has 0 fully saturated rings. The van der Waals surface area contributed by atoms with Crippen LogP contribution in [-0.4, -0.2) is 16.7 Å². The second-order valence-electron chi connectivity index (χ2n) is 4.94. The Balaban J connectivity index is 2.33. The summed E-state index contributed by atoms with van der Waals surface area (Å²) >= 11 is 5.48. The number of hydrogen-bond donors (Lipinski definition) is 1. The van der Waals surface area contributed by atoms with Gasteiger partial charge >= 0.3 is 0 Å². The predicted octanol–water partition coefficient (Wildman–Crippen LogP) is 4.31. The van der Waals surface area contributed by atoms with E-state index in [2.05, 4.69) is 41.6 Å². The van der Waals surface area contributed by atoms with E-state index in [1.165, 1.54) is 11.1 Å². The van der Waals surface area contributed by atoms with Crippen LogP contribution in [0.1, 0.15) is 11.1 Å². The summed E-state index contributed by atoms with van der Waals surface area (Å²) in [6.45, 7) is 4.18. The number of fused-ring (bicyclic) bond motifs is 1. The highest BCUT2D eigenvalue weighted by atomic mass is 32.1. The molecule has 0 aliphatic carbocycles. The molecular formula is C16H16N2OS. The Hall–Kier alpha value is -2.07. The summed E-state index contributed by atoms with van der Waals surface area (Å²) in [7, 11) is 1.66. The van der Waals surface area contributed by atoms with Crippen LogP contribution < -0.4 is 4.74 Å². The normalized spacial score (nSPS) is 10.9. The molecule has 102 valence electrons. The number of nitrogens with zero attached hydrogens (tertiary/aromatic N) is 1. The number of aryl methyl sites for hydroxylation is 2. The first-order valence-corrected chi connectivity index (χ1v) is 6.87. The third-order valence-electron chi connectivity index (χ3n) is 3.49. The average molecular weight is 284 g/mol. The minimum absolute atomic E-state index is 0.696. The van der Waals surface area contributed by atoms with Crippen molar-refractivity contribution in [3.63, 3.8) is 0 Å². The van der Waals surface area contributed by atoms with E-state index in [4.69, 9.17) is 17.0 Å². The lowest BCUT2D eigenvalue weighted by atomic mass is 10.1. The van der Waals surface area contributed by atoms with Crippen LogP contribution in [-0.2, 0) is 0 Å². The molecule has 0 spiro atoms. The molecule has 0 saturated heterocycles. The number of nitrogens with one attached hydrogen (secondary N) is 1. The van der Waals surface area contributed by atoms with E-state index in [0.29, 0.717) is 4.77 Å². The number of hydrogen-bond acceptors (Lipinski definition) is 2. The topological polar surface area (TPSA) is 29.9 Å². The molecule has 3 nitrogen and oxygen atoms in total. The van der Waals surface area contributed by atoms with Crippen LogP contribution in [0.25, 0.3) is 16.7 Å². The maximum atomic E-state index is 5.48. The lowest BCUT2D eigenvalue weighted by Crippen LogP contribution is -1.97. The Labute approximate surface area is 122 Å². The average Bonchev–Trinajstić information content (AvgIpc) is 2.76. The van der Waals surface area contributed by atoms with E-state index in [-0.39, 0.29) is 0 Å². The van der Waals surface area contributed by atoms with Crippen LogP contribution in [0.3, 0.4) is 0 Å². The van der Waals surface area contributed by atoms with E-state index in [1.807, 2.05) is 18.2 Å². The van der Waals surface area contributed by atoms with Crippen molar-refractivity contribution in [1.82, 2.24) is 9.55 Å². The minimum atomic E-state index is 0.696. The quantitative estimate of drug-likeness (QED) is 0.710. The van der Waals surface area contributed by atoms with E-state index >= 15 is 0 Å². The molecule has 0 radical (unpaired) electrons.